The van der Waals surface area contributed by atoms with Crippen molar-refractivity contribution in [2.24, 2.45) is 0 Å². The fourth-order valence-corrected chi connectivity index (χ4v) is 2.62. The van der Waals surface area contributed by atoms with E-state index in [2.05, 4.69) is 37.4 Å². The van der Waals surface area contributed by atoms with Crippen LogP contribution >= 0.6 is 0 Å². The lowest BCUT2D eigenvalue weighted by molar-refractivity contribution is 0.122. The van der Waals surface area contributed by atoms with Crippen molar-refractivity contribution in [3.8, 4) is 0 Å². The van der Waals surface area contributed by atoms with Crippen LogP contribution in [-0.4, -0.2) is 18.8 Å². The number of aryl methyl sites for hydroxylation is 2. The van der Waals surface area contributed by atoms with Gasteiger partial charge in [-0.2, -0.15) is 0 Å². The molecule has 1 aliphatic rings. The average molecular weight is 221 g/mol. The largest absolute Gasteiger partial charge is 0.314 e. The molecule has 1 heterocycles. The van der Waals surface area contributed by atoms with E-state index in [-0.39, 0.29) is 0 Å². The molecule has 1 aromatic carbocycles. The van der Waals surface area contributed by atoms with Crippen molar-refractivity contribution in [2.45, 2.75) is 38.8 Å². The molecule has 0 amide bonds. The van der Waals surface area contributed by atoms with Crippen LogP contribution in [0.1, 0.15) is 29.5 Å². The molecule has 1 nitrogen and oxygen atoms in total. The molecule has 0 aliphatic carbocycles. The highest BCUT2D eigenvalue weighted by Gasteiger charge is 2.31. The minimum Gasteiger partial charge on any atom is -0.314 e. The molecule has 0 bridgehead atoms. The van der Waals surface area contributed by atoms with Crippen LogP contribution in [0.4, 0.5) is 4.39 Å². The molecule has 1 aliphatic heterocycles. The van der Waals surface area contributed by atoms with Crippen molar-refractivity contribution < 1.29 is 4.39 Å². The zero-order valence-corrected chi connectivity index (χ0v) is 10.1. The maximum Gasteiger partial charge on any atom is 0.127 e. The second kappa shape index (κ2) is 4.54. The number of hydrogen-bond donors (Lipinski definition) is 1. The van der Waals surface area contributed by atoms with Crippen LogP contribution < -0.4 is 5.32 Å². The van der Waals surface area contributed by atoms with Crippen LogP contribution in [0, 0.1) is 13.8 Å². The minimum absolute atomic E-state index is 0.500. The van der Waals surface area contributed by atoms with Crippen LogP contribution in [0.2, 0.25) is 0 Å². The second-order valence-electron chi connectivity index (χ2n) is 5.10. The Bertz CT molecular complexity index is 347. The Morgan fingerprint density at radius 2 is 1.94 bits per heavy atom. The number of halogens is 1. The van der Waals surface area contributed by atoms with Crippen LogP contribution in [-0.2, 0) is 6.42 Å². The van der Waals surface area contributed by atoms with Gasteiger partial charge in [-0.25, -0.2) is 4.39 Å². The zero-order chi connectivity index (χ0) is 11.6. The number of rotatable bonds is 2. The maximum absolute atomic E-state index is 14.5. The van der Waals surface area contributed by atoms with Crippen molar-refractivity contribution in [1.29, 1.82) is 0 Å². The number of piperidine rings is 1. The fraction of sp³-hybridized carbons (Fsp3) is 0.571. The Morgan fingerprint density at radius 1 is 1.25 bits per heavy atom. The Morgan fingerprint density at radius 3 is 2.50 bits per heavy atom. The molecule has 0 saturated carbocycles. The van der Waals surface area contributed by atoms with E-state index in [4.69, 9.17) is 0 Å². The smallest absolute Gasteiger partial charge is 0.127 e. The predicted molar refractivity (Wildman–Crippen MR) is 65.6 cm³/mol. The molecular weight excluding hydrogens is 201 g/mol. The first-order valence-electron chi connectivity index (χ1n) is 6.04. The summed E-state index contributed by atoms with van der Waals surface area (Å²) < 4.78 is 14.5. The standard InChI is InChI=1S/C14H20FN/c1-11-6-12(2)8-13(7-11)9-14(15)4-3-5-16-10-14/h6-8,16H,3-5,9-10H2,1-2H3. The van der Waals surface area contributed by atoms with Gasteiger partial charge in [0, 0.05) is 13.0 Å². The molecule has 1 aromatic rings. The van der Waals surface area contributed by atoms with Crippen LogP contribution in [0.25, 0.3) is 0 Å². The highest BCUT2D eigenvalue weighted by molar-refractivity contribution is 5.29. The normalized spacial score (nSPS) is 25.7. The highest BCUT2D eigenvalue weighted by Crippen LogP contribution is 2.26. The van der Waals surface area contributed by atoms with Gasteiger partial charge in [0.05, 0.1) is 0 Å². The van der Waals surface area contributed by atoms with Gasteiger partial charge in [-0.3, -0.25) is 0 Å². The molecule has 0 aromatic heterocycles. The molecule has 16 heavy (non-hydrogen) atoms. The molecule has 1 fully saturated rings. The predicted octanol–water partition coefficient (Wildman–Crippen LogP) is 2.94. The van der Waals surface area contributed by atoms with Crippen LogP contribution in [0.3, 0.4) is 0 Å². The first-order chi connectivity index (χ1) is 7.57. The van der Waals surface area contributed by atoms with Gasteiger partial charge in [0.15, 0.2) is 0 Å². The van der Waals surface area contributed by atoms with Gasteiger partial charge in [0.25, 0.3) is 0 Å². The van der Waals surface area contributed by atoms with Crippen molar-refractivity contribution in [2.75, 3.05) is 13.1 Å². The third kappa shape index (κ3) is 2.82. The maximum atomic E-state index is 14.5. The first-order valence-corrected chi connectivity index (χ1v) is 6.04. The summed E-state index contributed by atoms with van der Waals surface area (Å²) >= 11 is 0. The van der Waals surface area contributed by atoms with Gasteiger partial charge in [-0.15, -0.1) is 0 Å². The molecule has 88 valence electrons. The highest BCUT2D eigenvalue weighted by atomic mass is 19.1. The minimum atomic E-state index is -1.04. The van der Waals surface area contributed by atoms with Gasteiger partial charge >= 0.3 is 0 Å². The van der Waals surface area contributed by atoms with E-state index in [0.29, 0.717) is 19.4 Å². The van der Waals surface area contributed by atoms with Gasteiger partial charge in [-0.05, 0) is 38.8 Å². The van der Waals surface area contributed by atoms with E-state index < -0.39 is 5.67 Å². The average Bonchev–Trinajstić information content (AvgIpc) is 2.15. The van der Waals surface area contributed by atoms with Crippen molar-refractivity contribution in [3.63, 3.8) is 0 Å². The summed E-state index contributed by atoms with van der Waals surface area (Å²) in [5.41, 5.74) is 2.53. The van der Waals surface area contributed by atoms with Gasteiger partial charge in [0.2, 0.25) is 0 Å². The summed E-state index contributed by atoms with van der Waals surface area (Å²) in [5.74, 6) is 0. The summed E-state index contributed by atoms with van der Waals surface area (Å²) in [7, 11) is 0. The fourth-order valence-electron chi connectivity index (χ4n) is 2.62. The molecule has 2 heteroatoms. The topological polar surface area (TPSA) is 12.0 Å². The van der Waals surface area contributed by atoms with Gasteiger partial charge in [0.1, 0.15) is 5.67 Å². The summed E-state index contributed by atoms with van der Waals surface area (Å²) in [6.07, 6.45) is 2.18. The SMILES string of the molecule is Cc1cc(C)cc(CC2(F)CCCNC2)c1. The monoisotopic (exact) mass is 221 g/mol. The molecular formula is C14H20FN. The van der Waals surface area contributed by atoms with Crippen LogP contribution in [0.5, 0.6) is 0 Å². The Labute approximate surface area is 97.1 Å². The third-order valence-corrected chi connectivity index (χ3v) is 3.22. The van der Waals surface area contributed by atoms with E-state index in [1.54, 1.807) is 0 Å². The lowest BCUT2D eigenvalue weighted by Gasteiger charge is -2.30. The summed E-state index contributed by atoms with van der Waals surface area (Å²) in [5, 5.41) is 3.15. The number of nitrogens with one attached hydrogen (secondary N) is 1. The summed E-state index contributed by atoms with van der Waals surface area (Å²) in [6, 6.07) is 6.33. The lowest BCUT2D eigenvalue weighted by atomic mass is 9.88. The lowest BCUT2D eigenvalue weighted by Crippen LogP contribution is -2.43. The summed E-state index contributed by atoms with van der Waals surface area (Å²) in [6.45, 7) is 5.60. The zero-order valence-electron chi connectivity index (χ0n) is 10.1. The van der Waals surface area contributed by atoms with E-state index in [1.807, 2.05) is 0 Å². The molecule has 1 N–H and O–H groups in total. The number of hydrogen-bond acceptors (Lipinski definition) is 1. The molecule has 1 unspecified atom stereocenters. The van der Waals surface area contributed by atoms with Gasteiger partial charge < -0.3 is 5.32 Å². The Balaban J connectivity index is 2.13. The van der Waals surface area contributed by atoms with Crippen molar-refractivity contribution >= 4 is 0 Å². The van der Waals surface area contributed by atoms with Crippen LogP contribution in [0.15, 0.2) is 18.2 Å². The quantitative estimate of drug-likeness (QED) is 0.809. The molecule has 1 saturated heterocycles. The van der Waals surface area contributed by atoms with Crippen molar-refractivity contribution in [3.05, 3.63) is 34.9 Å². The van der Waals surface area contributed by atoms with E-state index in [9.17, 15) is 4.39 Å². The Hall–Kier alpha value is -0.890. The first kappa shape index (κ1) is 11.6. The second-order valence-corrected chi connectivity index (χ2v) is 5.10. The van der Waals surface area contributed by atoms with E-state index >= 15 is 0 Å². The Kier molecular flexibility index (Phi) is 3.29. The number of alkyl halides is 1. The van der Waals surface area contributed by atoms with Crippen molar-refractivity contribution in [1.82, 2.24) is 5.32 Å². The molecule has 0 spiro atoms. The molecule has 2 rings (SSSR count). The molecule has 0 radical (unpaired) electrons. The molecule has 1 atom stereocenters. The number of benzene rings is 1. The van der Waals surface area contributed by atoms with E-state index in [0.717, 1.165) is 18.5 Å². The van der Waals surface area contributed by atoms with E-state index in [1.165, 1.54) is 11.1 Å². The summed E-state index contributed by atoms with van der Waals surface area (Å²) in [4.78, 5) is 0. The third-order valence-electron chi connectivity index (χ3n) is 3.22. The van der Waals surface area contributed by atoms with Gasteiger partial charge in [-0.1, -0.05) is 29.3 Å².